The van der Waals surface area contributed by atoms with Crippen molar-refractivity contribution in [2.75, 3.05) is 6.61 Å². The van der Waals surface area contributed by atoms with Crippen LogP contribution in [-0.4, -0.2) is 28.8 Å². The Morgan fingerprint density at radius 3 is 2.71 bits per heavy atom. The third kappa shape index (κ3) is 5.10. The summed E-state index contributed by atoms with van der Waals surface area (Å²) in [7, 11) is 0. The molecule has 2 amide bonds. The van der Waals surface area contributed by atoms with Gasteiger partial charge in [0.25, 0.3) is 5.91 Å². The number of nitrogens with two attached hydrogens (primary N) is 1. The number of aromatic nitrogens is 2. The monoisotopic (exact) mass is 380 g/mol. The molecule has 3 aromatic rings. The molecule has 1 heterocycles. The van der Waals surface area contributed by atoms with Crippen molar-refractivity contribution in [1.29, 1.82) is 0 Å². The molecule has 0 radical (unpaired) electrons. The molecule has 8 nitrogen and oxygen atoms in total. The number of hydrogen-bond donors (Lipinski definition) is 3. The predicted octanol–water partition coefficient (Wildman–Crippen LogP) is 2.54. The molecule has 1 aromatic heterocycles. The van der Waals surface area contributed by atoms with Gasteiger partial charge in [0.15, 0.2) is 18.1 Å². The van der Waals surface area contributed by atoms with E-state index in [2.05, 4.69) is 15.5 Å². The highest BCUT2D eigenvalue weighted by Gasteiger charge is 2.13. The van der Waals surface area contributed by atoms with Crippen LogP contribution in [0.1, 0.15) is 11.1 Å². The van der Waals surface area contributed by atoms with Gasteiger partial charge in [-0.1, -0.05) is 35.9 Å². The van der Waals surface area contributed by atoms with Crippen molar-refractivity contribution in [2.24, 2.45) is 5.73 Å². The Morgan fingerprint density at radius 1 is 1.14 bits per heavy atom. The fourth-order valence-electron chi connectivity index (χ4n) is 2.57. The maximum atomic E-state index is 12.2. The van der Waals surface area contributed by atoms with Crippen molar-refractivity contribution in [2.45, 2.75) is 13.5 Å². The van der Waals surface area contributed by atoms with Crippen molar-refractivity contribution in [3.05, 3.63) is 66.0 Å². The van der Waals surface area contributed by atoms with Gasteiger partial charge in [0.2, 0.25) is 0 Å². The lowest BCUT2D eigenvalue weighted by Gasteiger charge is -2.13. The highest BCUT2D eigenvalue weighted by Crippen LogP contribution is 2.32. The molecule has 4 N–H and O–H groups in total. The van der Waals surface area contributed by atoms with Gasteiger partial charge in [-0.15, -0.1) is 0 Å². The van der Waals surface area contributed by atoms with Crippen molar-refractivity contribution in [1.82, 2.24) is 15.5 Å². The van der Waals surface area contributed by atoms with Crippen LogP contribution >= 0.6 is 0 Å². The number of amides is 2. The van der Waals surface area contributed by atoms with Crippen molar-refractivity contribution in [3.63, 3.8) is 0 Å². The van der Waals surface area contributed by atoms with E-state index in [1.165, 1.54) is 0 Å². The molecule has 0 saturated heterocycles. The van der Waals surface area contributed by atoms with Gasteiger partial charge in [-0.3, -0.25) is 9.89 Å². The first-order chi connectivity index (χ1) is 13.5. The molecule has 0 aliphatic heterocycles. The number of benzene rings is 2. The number of carbonyl (C=O) groups excluding carboxylic acids is 2. The molecule has 8 heteroatoms. The number of rotatable bonds is 7. The van der Waals surface area contributed by atoms with Crippen molar-refractivity contribution < 1.29 is 19.1 Å². The molecule has 0 aliphatic rings. The van der Waals surface area contributed by atoms with Crippen molar-refractivity contribution >= 4 is 12.0 Å². The Bertz CT molecular complexity index is 970. The standard InChI is InChI=1S/C20H20N4O4/c1-13-3-2-4-14(7-13)9-22-20(26)28-17-6-5-15(16-10-23-24-11-16)8-18(17)27-12-19(21)25/h2-8,10-11H,9,12H2,1H3,(H2,21,25)(H,22,26)(H,23,24). The molecule has 0 spiro atoms. The number of primary amides is 1. The minimum atomic E-state index is -0.638. The Kier molecular flexibility index (Phi) is 5.91. The highest BCUT2D eigenvalue weighted by atomic mass is 16.6. The Labute approximate surface area is 161 Å². The fourth-order valence-corrected chi connectivity index (χ4v) is 2.57. The van der Waals surface area contributed by atoms with Crippen LogP contribution in [0.5, 0.6) is 11.5 Å². The summed E-state index contributed by atoms with van der Waals surface area (Å²) >= 11 is 0. The summed E-state index contributed by atoms with van der Waals surface area (Å²) in [5.74, 6) is -0.234. The van der Waals surface area contributed by atoms with E-state index in [-0.39, 0.29) is 18.1 Å². The average molecular weight is 380 g/mol. The number of aromatic amines is 1. The number of carbonyl (C=O) groups is 2. The first-order valence-corrected chi connectivity index (χ1v) is 8.57. The topological polar surface area (TPSA) is 119 Å². The summed E-state index contributed by atoms with van der Waals surface area (Å²) in [6, 6.07) is 12.8. The smallest absolute Gasteiger partial charge is 0.413 e. The number of aryl methyl sites for hydroxylation is 1. The SMILES string of the molecule is Cc1cccc(CNC(=O)Oc2ccc(-c3cn[nH]c3)cc2OCC(N)=O)c1. The average Bonchev–Trinajstić information content (AvgIpc) is 3.20. The van der Waals surface area contributed by atoms with Gasteiger partial charge in [-0.2, -0.15) is 5.10 Å². The van der Waals surface area contributed by atoms with Gasteiger partial charge in [-0.25, -0.2) is 4.79 Å². The summed E-state index contributed by atoms with van der Waals surface area (Å²) in [6.45, 7) is 1.97. The minimum Gasteiger partial charge on any atom is -0.480 e. The Morgan fingerprint density at radius 2 is 2.00 bits per heavy atom. The number of nitrogens with zero attached hydrogens (tertiary/aromatic N) is 1. The van der Waals surface area contributed by atoms with Crippen molar-refractivity contribution in [3.8, 4) is 22.6 Å². The molecule has 0 saturated carbocycles. The third-order valence-corrected chi connectivity index (χ3v) is 3.87. The van der Waals surface area contributed by atoms with Gasteiger partial charge >= 0.3 is 6.09 Å². The normalized spacial score (nSPS) is 10.3. The van der Waals surface area contributed by atoms with Crippen LogP contribution in [0.25, 0.3) is 11.1 Å². The van der Waals surface area contributed by atoms with E-state index < -0.39 is 12.0 Å². The molecule has 3 rings (SSSR count). The van der Waals surface area contributed by atoms with E-state index in [1.807, 2.05) is 31.2 Å². The van der Waals surface area contributed by atoms with E-state index in [0.717, 1.165) is 22.3 Å². The lowest BCUT2D eigenvalue weighted by Crippen LogP contribution is -2.26. The molecule has 28 heavy (non-hydrogen) atoms. The summed E-state index contributed by atoms with van der Waals surface area (Å²) in [4.78, 5) is 23.2. The molecule has 0 atom stereocenters. The third-order valence-electron chi connectivity index (χ3n) is 3.87. The zero-order valence-electron chi connectivity index (χ0n) is 15.3. The van der Waals surface area contributed by atoms with Crippen LogP contribution in [0, 0.1) is 6.92 Å². The Hall–Kier alpha value is -3.81. The van der Waals surface area contributed by atoms with Gasteiger partial charge < -0.3 is 20.5 Å². The second-order valence-electron chi connectivity index (χ2n) is 6.14. The van der Waals surface area contributed by atoms with E-state index in [9.17, 15) is 9.59 Å². The largest absolute Gasteiger partial charge is 0.480 e. The van der Waals surface area contributed by atoms with Gasteiger partial charge in [0.1, 0.15) is 0 Å². The number of nitrogens with one attached hydrogen (secondary N) is 2. The molecule has 0 fully saturated rings. The van der Waals surface area contributed by atoms with Gasteiger partial charge in [0.05, 0.1) is 6.20 Å². The van der Waals surface area contributed by atoms with Crippen LogP contribution < -0.4 is 20.5 Å². The maximum Gasteiger partial charge on any atom is 0.413 e. The molecule has 0 unspecified atom stereocenters. The maximum absolute atomic E-state index is 12.2. The number of H-pyrrole nitrogens is 1. The fraction of sp³-hybridized carbons (Fsp3) is 0.150. The lowest BCUT2D eigenvalue weighted by molar-refractivity contribution is -0.119. The first kappa shape index (κ1) is 19.0. The van der Waals surface area contributed by atoms with E-state index in [1.54, 1.807) is 30.6 Å². The molecular weight excluding hydrogens is 360 g/mol. The Balaban J connectivity index is 1.71. The predicted molar refractivity (Wildman–Crippen MR) is 103 cm³/mol. The van der Waals surface area contributed by atoms with E-state index in [4.69, 9.17) is 15.2 Å². The van der Waals surface area contributed by atoms with Crippen LogP contribution in [0.2, 0.25) is 0 Å². The number of ether oxygens (including phenoxy) is 2. The molecule has 2 aromatic carbocycles. The highest BCUT2D eigenvalue weighted by molar-refractivity contribution is 5.76. The lowest BCUT2D eigenvalue weighted by atomic mass is 10.1. The van der Waals surface area contributed by atoms with Crippen LogP contribution in [-0.2, 0) is 11.3 Å². The summed E-state index contributed by atoms with van der Waals surface area (Å²) in [5, 5.41) is 9.30. The van der Waals surface area contributed by atoms with E-state index >= 15 is 0 Å². The second kappa shape index (κ2) is 8.72. The summed E-state index contributed by atoms with van der Waals surface area (Å²) in [6.07, 6.45) is 2.71. The molecule has 0 aliphatic carbocycles. The molecular formula is C20H20N4O4. The second-order valence-corrected chi connectivity index (χ2v) is 6.14. The summed E-state index contributed by atoms with van der Waals surface area (Å²) < 4.78 is 10.8. The number of hydrogen-bond acceptors (Lipinski definition) is 5. The molecule has 144 valence electrons. The van der Waals surface area contributed by atoms with Crippen LogP contribution in [0.3, 0.4) is 0 Å². The minimum absolute atomic E-state index is 0.176. The zero-order chi connectivity index (χ0) is 19.9. The molecule has 0 bridgehead atoms. The van der Waals surface area contributed by atoms with Crippen LogP contribution in [0.4, 0.5) is 4.79 Å². The quantitative estimate of drug-likeness (QED) is 0.582. The van der Waals surface area contributed by atoms with Crippen LogP contribution in [0.15, 0.2) is 54.9 Å². The van der Waals surface area contributed by atoms with Gasteiger partial charge in [0, 0.05) is 18.3 Å². The summed E-state index contributed by atoms with van der Waals surface area (Å²) in [5.41, 5.74) is 8.80. The van der Waals surface area contributed by atoms with E-state index in [0.29, 0.717) is 6.54 Å². The first-order valence-electron chi connectivity index (χ1n) is 8.57. The zero-order valence-corrected chi connectivity index (χ0v) is 15.3. The van der Waals surface area contributed by atoms with Gasteiger partial charge in [-0.05, 0) is 30.2 Å².